The maximum atomic E-state index is 6.06. The van der Waals surface area contributed by atoms with Crippen molar-refractivity contribution in [2.75, 3.05) is 23.7 Å². The highest BCUT2D eigenvalue weighted by atomic mass is 15.1. The summed E-state index contributed by atoms with van der Waals surface area (Å²) < 4.78 is 0. The van der Waals surface area contributed by atoms with Gasteiger partial charge in [0.2, 0.25) is 0 Å². The van der Waals surface area contributed by atoms with Gasteiger partial charge in [0.1, 0.15) is 0 Å². The topological polar surface area (TPSA) is 29.3 Å². The standard InChI is InChI=1S/C13H20N2/c1-10-6-7-12(11(2)13(10)14)15-8-4-3-5-9-15/h6-7H,3-5,8-9,14H2,1-2H3. The third-order valence-corrected chi connectivity index (χ3v) is 3.40. The summed E-state index contributed by atoms with van der Waals surface area (Å²) in [6.45, 7) is 6.57. The van der Waals surface area contributed by atoms with Crippen molar-refractivity contribution in [1.82, 2.24) is 0 Å². The number of aryl methyl sites for hydroxylation is 1. The smallest absolute Gasteiger partial charge is 0.0416 e. The summed E-state index contributed by atoms with van der Waals surface area (Å²) in [5, 5.41) is 0. The lowest BCUT2D eigenvalue weighted by atomic mass is 10.0. The molecule has 2 N–H and O–H groups in total. The van der Waals surface area contributed by atoms with E-state index in [4.69, 9.17) is 5.73 Å². The first-order valence-corrected chi connectivity index (χ1v) is 5.81. The maximum Gasteiger partial charge on any atom is 0.0416 e. The van der Waals surface area contributed by atoms with E-state index in [1.54, 1.807) is 0 Å². The number of piperidine rings is 1. The predicted molar refractivity (Wildman–Crippen MR) is 66.4 cm³/mol. The van der Waals surface area contributed by atoms with Gasteiger partial charge in [-0.2, -0.15) is 0 Å². The Morgan fingerprint density at radius 1 is 1.07 bits per heavy atom. The van der Waals surface area contributed by atoms with Gasteiger partial charge in [-0.1, -0.05) is 6.07 Å². The molecule has 0 aromatic heterocycles. The second-order valence-corrected chi connectivity index (χ2v) is 4.49. The fourth-order valence-electron chi connectivity index (χ4n) is 2.33. The molecular weight excluding hydrogens is 184 g/mol. The van der Waals surface area contributed by atoms with Crippen molar-refractivity contribution >= 4 is 11.4 Å². The monoisotopic (exact) mass is 204 g/mol. The lowest BCUT2D eigenvalue weighted by Crippen LogP contribution is -2.30. The van der Waals surface area contributed by atoms with Crippen LogP contribution in [-0.4, -0.2) is 13.1 Å². The van der Waals surface area contributed by atoms with Crippen LogP contribution in [0.4, 0.5) is 11.4 Å². The first-order chi connectivity index (χ1) is 7.20. The van der Waals surface area contributed by atoms with Crippen molar-refractivity contribution in [1.29, 1.82) is 0 Å². The van der Waals surface area contributed by atoms with Crippen LogP contribution in [0.2, 0.25) is 0 Å². The summed E-state index contributed by atoms with van der Waals surface area (Å²) in [4.78, 5) is 2.47. The second kappa shape index (κ2) is 4.13. The summed E-state index contributed by atoms with van der Waals surface area (Å²) in [7, 11) is 0. The Bertz CT molecular complexity index is 352. The van der Waals surface area contributed by atoms with E-state index >= 15 is 0 Å². The molecule has 1 aliphatic heterocycles. The van der Waals surface area contributed by atoms with Gasteiger partial charge in [-0.15, -0.1) is 0 Å². The Balaban J connectivity index is 2.31. The largest absolute Gasteiger partial charge is 0.398 e. The zero-order valence-electron chi connectivity index (χ0n) is 9.71. The minimum absolute atomic E-state index is 0.957. The Hall–Kier alpha value is -1.18. The number of nitrogens with zero attached hydrogens (tertiary/aromatic N) is 1. The van der Waals surface area contributed by atoms with Crippen LogP contribution in [0.25, 0.3) is 0 Å². The number of hydrogen-bond donors (Lipinski definition) is 1. The highest BCUT2D eigenvalue weighted by molar-refractivity contribution is 5.67. The van der Waals surface area contributed by atoms with Crippen molar-refractivity contribution < 1.29 is 0 Å². The SMILES string of the molecule is Cc1ccc(N2CCCCC2)c(C)c1N. The molecule has 2 rings (SSSR count). The first-order valence-electron chi connectivity index (χ1n) is 5.81. The Morgan fingerprint density at radius 2 is 1.73 bits per heavy atom. The van der Waals surface area contributed by atoms with E-state index in [0.717, 1.165) is 5.69 Å². The maximum absolute atomic E-state index is 6.06. The van der Waals surface area contributed by atoms with Gasteiger partial charge in [0, 0.05) is 24.5 Å². The zero-order valence-corrected chi connectivity index (χ0v) is 9.71. The Morgan fingerprint density at radius 3 is 2.40 bits per heavy atom. The van der Waals surface area contributed by atoms with Crippen LogP contribution in [0.1, 0.15) is 30.4 Å². The fraction of sp³-hybridized carbons (Fsp3) is 0.538. The molecule has 2 nitrogen and oxygen atoms in total. The van der Waals surface area contributed by atoms with Gasteiger partial charge in [0.15, 0.2) is 0 Å². The van der Waals surface area contributed by atoms with Crippen molar-refractivity contribution in [2.45, 2.75) is 33.1 Å². The molecule has 2 heteroatoms. The Labute approximate surface area is 92.1 Å². The minimum Gasteiger partial charge on any atom is -0.398 e. The van der Waals surface area contributed by atoms with Gasteiger partial charge in [-0.25, -0.2) is 0 Å². The molecule has 0 unspecified atom stereocenters. The zero-order chi connectivity index (χ0) is 10.8. The van der Waals surface area contributed by atoms with E-state index in [2.05, 4.69) is 30.9 Å². The highest BCUT2D eigenvalue weighted by Crippen LogP contribution is 2.29. The second-order valence-electron chi connectivity index (χ2n) is 4.49. The first kappa shape index (κ1) is 10.3. The summed E-state index contributed by atoms with van der Waals surface area (Å²) in [6.07, 6.45) is 4.00. The average molecular weight is 204 g/mol. The number of hydrogen-bond acceptors (Lipinski definition) is 2. The van der Waals surface area contributed by atoms with E-state index in [1.165, 1.54) is 49.2 Å². The molecule has 0 bridgehead atoms. The molecule has 1 aromatic carbocycles. The molecule has 1 aliphatic rings. The third kappa shape index (κ3) is 1.94. The molecule has 0 saturated carbocycles. The number of rotatable bonds is 1. The van der Waals surface area contributed by atoms with Gasteiger partial charge < -0.3 is 10.6 Å². The van der Waals surface area contributed by atoms with Gasteiger partial charge in [0.25, 0.3) is 0 Å². The third-order valence-electron chi connectivity index (χ3n) is 3.40. The van der Waals surface area contributed by atoms with Crippen LogP contribution < -0.4 is 10.6 Å². The molecule has 0 amide bonds. The molecule has 1 fully saturated rings. The lowest BCUT2D eigenvalue weighted by Gasteiger charge is -2.30. The van der Waals surface area contributed by atoms with Gasteiger partial charge in [-0.05, 0) is 50.3 Å². The fourth-order valence-corrected chi connectivity index (χ4v) is 2.33. The van der Waals surface area contributed by atoms with E-state index in [-0.39, 0.29) is 0 Å². The average Bonchev–Trinajstić information content (AvgIpc) is 2.27. The number of nitrogens with two attached hydrogens (primary N) is 1. The van der Waals surface area contributed by atoms with Gasteiger partial charge in [0.05, 0.1) is 0 Å². The molecular formula is C13H20N2. The van der Waals surface area contributed by atoms with Crippen LogP contribution in [0, 0.1) is 13.8 Å². The number of benzene rings is 1. The van der Waals surface area contributed by atoms with Crippen molar-refractivity contribution in [3.63, 3.8) is 0 Å². The van der Waals surface area contributed by atoms with Crippen LogP contribution in [0.5, 0.6) is 0 Å². The number of nitrogen functional groups attached to an aromatic ring is 1. The summed E-state index contributed by atoms with van der Waals surface area (Å²) >= 11 is 0. The molecule has 0 radical (unpaired) electrons. The van der Waals surface area contributed by atoms with Crippen LogP contribution in [0.3, 0.4) is 0 Å². The molecule has 0 spiro atoms. The van der Waals surface area contributed by atoms with E-state index in [0.29, 0.717) is 0 Å². The molecule has 1 heterocycles. The summed E-state index contributed by atoms with van der Waals surface area (Å²) in [5.41, 5.74) is 10.8. The predicted octanol–water partition coefficient (Wildman–Crippen LogP) is 2.88. The quantitative estimate of drug-likeness (QED) is 0.713. The van der Waals surface area contributed by atoms with Crippen molar-refractivity contribution in [2.24, 2.45) is 0 Å². The summed E-state index contributed by atoms with van der Waals surface area (Å²) in [5.74, 6) is 0. The number of anilines is 2. The van der Waals surface area contributed by atoms with Gasteiger partial charge in [-0.3, -0.25) is 0 Å². The summed E-state index contributed by atoms with van der Waals surface area (Å²) in [6, 6.07) is 4.35. The molecule has 0 atom stereocenters. The van der Waals surface area contributed by atoms with Crippen molar-refractivity contribution in [3.05, 3.63) is 23.3 Å². The van der Waals surface area contributed by atoms with E-state index < -0.39 is 0 Å². The van der Waals surface area contributed by atoms with E-state index in [1.807, 2.05) is 0 Å². The molecule has 1 aromatic rings. The Kier molecular flexibility index (Phi) is 2.85. The molecule has 1 saturated heterocycles. The molecule has 15 heavy (non-hydrogen) atoms. The normalized spacial score (nSPS) is 16.8. The van der Waals surface area contributed by atoms with E-state index in [9.17, 15) is 0 Å². The highest BCUT2D eigenvalue weighted by Gasteiger charge is 2.14. The minimum atomic E-state index is 0.957. The van der Waals surface area contributed by atoms with Crippen LogP contribution >= 0.6 is 0 Å². The molecule has 0 aliphatic carbocycles. The van der Waals surface area contributed by atoms with Gasteiger partial charge >= 0.3 is 0 Å². The molecule has 82 valence electrons. The lowest BCUT2D eigenvalue weighted by molar-refractivity contribution is 0.577. The van der Waals surface area contributed by atoms with Crippen molar-refractivity contribution in [3.8, 4) is 0 Å². The van der Waals surface area contributed by atoms with Crippen LogP contribution in [-0.2, 0) is 0 Å². The van der Waals surface area contributed by atoms with Crippen LogP contribution in [0.15, 0.2) is 12.1 Å².